The summed E-state index contributed by atoms with van der Waals surface area (Å²) in [6.07, 6.45) is 3.99. The standard InChI is InChI=1S/C13H18F2N2O2S/c14-11-6-5-10(7-12(11)15)20(18,19)17-13(8-16)9-3-1-2-4-9/h5-7,9,13,17H,1-4,8,16H2. The van der Waals surface area contributed by atoms with E-state index in [0.29, 0.717) is 6.07 Å². The van der Waals surface area contributed by atoms with Crippen molar-refractivity contribution in [2.24, 2.45) is 11.7 Å². The smallest absolute Gasteiger partial charge is 0.240 e. The minimum absolute atomic E-state index is 0.188. The summed E-state index contributed by atoms with van der Waals surface area (Å²) >= 11 is 0. The van der Waals surface area contributed by atoms with Crippen molar-refractivity contribution < 1.29 is 17.2 Å². The first-order valence-electron chi connectivity index (χ1n) is 6.61. The first-order chi connectivity index (χ1) is 9.44. The Morgan fingerprint density at radius 3 is 2.45 bits per heavy atom. The van der Waals surface area contributed by atoms with Crippen LogP contribution in [0.4, 0.5) is 8.78 Å². The Balaban J connectivity index is 2.18. The number of nitrogens with two attached hydrogens (primary N) is 1. The highest BCUT2D eigenvalue weighted by molar-refractivity contribution is 7.89. The zero-order chi connectivity index (χ0) is 14.8. The van der Waals surface area contributed by atoms with Crippen molar-refractivity contribution in [3.8, 4) is 0 Å². The molecule has 0 radical (unpaired) electrons. The second kappa shape index (κ2) is 6.15. The van der Waals surface area contributed by atoms with Crippen molar-refractivity contribution in [3.63, 3.8) is 0 Å². The number of nitrogens with one attached hydrogen (secondary N) is 1. The maximum absolute atomic E-state index is 13.1. The number of sulfonamides is 1. The van der Waals surface area contributed by atoms with Crippen LogP contribution in [0.1, 0.15) is 25.7 Å². The molecule has 0 bridgehead atoms. The van der Waals surface area contributed by atoms with Gasteiger partial charge in [0.25, 0.3) is 0 Å². The second-order valence-electron chi connectivity index (χ2n) is 5.08. The maximum Gasteiger partial charge on any atom is 0.240 e. The van der Waals surface area contributed by atoms with Gasteiger partial charge in [0.15, 0.2) is 11.6 Å². The highest BCUT2D eigenvalue weighted by Crippen LogP contribution is 2.28. The Hall–Kier alpha value is -1.05. The highest BCUT2D eigenvalue weighted by Gasteiger charge is 2.28. The fraction of sp³-hybridized carbons (Fsp3) is 0.538. The molecule has 1 atom stereocenters. The molecule has 1 aliphatic carbocycles. The lowest BCUT2D eigenvalue weighted by Crippen LogP contribution is -2.44. The van der Waals surface area contributed by atoms with Gasteiger partial charge in [-0.15, -0.1) is 0 Å². The normalized spacial score (nSPS) is 18.4. The van der Waals surface area contributed by atoms with Crippen molar-refractivity contribution in [2.75, 3.05) is 6.54 Å². The first kappa shape index (κ1) is 15.3. The van der Waals surface area contributed by atoms with E-state index >= 15 is 0 Å². The van der Waals surface area contributed by atoms with E-state index in [1.165, 1.54) is 0 Å². The molecule has 1 fully saturated rings. The summed E-state index contributed by atoms with van der Waals surface area (Å²) in [5, 5.41) is 0. The molecule has 1 aromatic carbocycles. The van der Waals surface area contributed by atoms with Gasteiger partial charge in [0.2, 0.25) is 10.0 Å². The van der Waals surface area contributed by atoms with Crippen LogP contribution in [-0.2, 0) is 10.0 Å². The molecule has 0 amide bonds. The van der Waals surface area contributed by atoms with Crippen molar-refractivity contribution in [1.82, 2.24) is 4.72 Å². The average Bonchev–Trinajstić information content (AvgIpc) is 2.93. The predicted molar refractivity (Wildman–Crippen MR) is 71.5 cm³/mol. The Morgan fingerprint density at radius 2 is 1.90 bits per heavy atom. The monoisotopic (exact) mass is 304 g/mol. The average molecular weight is 304 g/mol. The summed E-state index contributed by atoms with van der Waals surface area (Å²) in [5.41, 5.74) is 5.63. The molecule has 20 heavy (non-hydrogen) atoms. The van der Waals surface area contributed by atoms with Gasteiger partial charge in [0, 0.05) is 12.6 Å². The molecular weight excluding hydrogens is 286 g/mol. The van der Waals surface area contributed by atoms with Crippen LogP contribution >= 0.6 is 0 Å². The van der Waals surface area contributed by atoms with Crippen LogP contribution in [0.5, 0.6) is 0 Å². The summed E-state index contributed by atoms with van der Waals surface area (Å²) in [6, 6.07) is 2.16. The fourth-order valence-corrected chi connectivity index (χ4v) is 3.94. The second-order valence-corrected chi connectivity index (χ2v) is 6.80. The minimum atomic E-state index is -3.88. The van der Waals surface area contributed by atoms with E-state index in [9.17, 15) is 17.2 Å². The Bertz CT molecular complexity index is 572. The lowest BCUT2D eigenvalue weighted by Gasteiger charge is -2.23. The molecule has 0 aliphatic heterocycles. The summed E-state index contributed by atoms with van der Waals surface area (Å²) in [7, 11) is -3.88. The Kier molecular flexibility index (Phi) is 4.72. The van der Waals surface area contributed by atoms with Gasteiger partial charge in [-0.2, -0.15) is 0 Å². The zero-order valence-electron chi connectivity index (χ0n) is 11.0. The van der Waals surface area contributed by atoms with Crippen LogP contribution in [0, 0.1) is 17.6 Å². The van der Waals surface area contributed by atoms with E-state index in [1.54, 1.807) is 0 Å². The number of rotatable bonds is 5. The highest BCUT2D eigenvalue weighted by atomic mass is 32.2. The molecule has 3 N–H and O–H groups in total. The molecule has 1 aromatic rings. The summed E-state index contributed by atoms with van der Waals surface area (Å²) in [6.45, 7) is 0.188. The predicted octanol–water partition coefficient (Wildman–Crippen LogP) is 1.76. The molecule has 112 valence electrons. The molecule has 7 heteroatoms. The van der Waals surface area contributed by atoms with Gasteiger partial charge in [0.1, 0.15) is 0 Å². The van der Waals surface area contributed by atoms with E-state index in [4.69, 9.17) is 5.73 Å². The van der Waals surface area contributed by atoms with Gasteiger partial charge in [-0.3, -0.25) is 0 Å². The van der Waals surface area contributed by atoms with Gasteiger partial charge in [-0.25, -0.2) is 21.9 Å². The van der Waals surface area contributed by atoms with Gasteiger partial charge in [0.05, 0.1) is 4.90 Å². The van der Waals surface area contributed by atoms with Crippen LogP contribution in [0.3, 0.4) is 0 Å². The third kappa shape index (κ3) is 3.34. The van der Waals surface area contributed by atoms with Crippen LogP contribution < -0.4 is 10.5 Å². The van der Waals surface area contributed by atoms with E-state index in [0.717, 1.165) is 37.8 Å². The van der Waals surface area contributed by atoms with Crippen molar-refractivity contribution >= 4 is 10.0 Å². The van der Waals surface area contributed by atoms with Crippen LogP contribution in [0.2, 0.25) is 0 Å². The van der Waals surface area contributed by atoms with Crippen molar-refractivity contribution in [2.45, 2.75) is 36.6 Å². The topological polar surface area (TPSA) is 72.2 Å². The minimum Gasteiger partial charge on any atom is -0.329 e. The molecule has 0 heterocycles. The molecule has 1 unspecified atom stereocenters. The Labute approximate surface area is 117 Å². The largest absolute Gasteiger partial charge is 0.329 e. The van der Waals surface area contributed by atoms with Gasteiger partial charge in [-0.1, -0.05) is 12.8 Å². The van der Waals surface area contributed by atoms with Crippen LogP contribution in [0.15, 0.2) is 23.1 Å². The first-order valence-corrected chi connectivity index (χ1v) is 8.10. The number of benzene rings is 1. The van der Waals surface area contributed by atoms with Crippen LogP contribution in [0.25, 0.3) is 0 Å². The van der Waals surface area contributed by atoms with Crippen molar-refractivity contribution in [3.05, 3.63) is 29.8 Å². The molecule has 4 nitrogen and oxygen atoms in total. The summed E-state index contributed by atoms with van der Waals surface area (Å²) < 4.78 is 52.8. The van der Waals surface area contributed by atoms with Gasteiger partial charge >= 0.3 is 0 Å². The molecular formula is C13H18F2N2O2S. The Morgan fingerprint density at radius 1 is 1.25 bits per heavy atom. The van der Waals surface area contributed by atoms with Gasteiger partial charge < -0.3 is 5.73 Å². The summed E-state index contributed by atoms with van der Waals surface area (Å²) in [4.78, 5) is -0.284. The SMILES string of the molecule is NCC(NS(=O)(=O)c1ccc(F)c(F)c1)C1CCCC1. The fourth-order valence-electron chi connectivity index (χ4n) is 2.61. The van der Waals surface area contributed by atoms with E-state index in [1.807, 2.05) is 0 Å². The van der Waals surface area contributed by atoms with E-state index < -0.39 is 21.7 Å². The molecule has 2 rings (SSSR count). The maximum atomic E-state index is 13.1. The van der Waals surface area contributed by atoms with Crippen LogP contribution in [-0.4, -0.2) is 21.0 Å². The number of hydrogen-bond acceptors (Lipinski definition) is 3. The zero-order valence-corrected chi connectivity index (χ0v) is 11.8. The lowest BCUT2D eigenvalue weighted by atomic mass is 9.99. The van der Waals surface area contributed by atoms with E-state index in [-0.39, 0.29) is 23.4 Å². The van der Waals surface area contributed by atoms with Gasteiger partial charge in [-0.05, 0) is 37.0 Å². The number of hydrogen-bond donors (Lipinski definition) is 2. The summed E-state index contributed by atoms with van der Waals surface area (Å²) in [5.74, 6) is -2.05. The lowest BCUT2D eigenvalue weighted by molar-refractivity contribution is 0.405. The molecule has 0 saturated heterocycles. The van der Waals surface area contributed by atoms with E-state index in [2.05, 4.69) is 4.72 Å². The third-order valence-electron chi connectivity index (χ3n) is 3.73. The molecule has 1 aliphatic rings. The third-order valence-corrected chi connectivity index (χ3v) is 5.22. The quantitative estimate of drug-likeness (QED) is 0.870. The molecule has 0 spiro atoms. The molecule has 1 saturated carbocycles. The number of halogens is 2. The molecule has 0 aromatic heterocycles. The van der Waals surface area contributed by atoms with Crippen molar-refractivity contribution in [1.29, 1.82) is 0 Å².